The fourth-order valence-electron chi connectivity index (χ4n) is 6.17. The smallest absolute Gasteiger partial charge is 0.271 e. The van der Waals surface area contributed by atoms with E-state index in [1.807, 2.05) is 48.8 Å². The predicted molar refractivity (Wildman–Crippen MR) is 161 cm³/mol. The van der Waals surface area contributed by atoms with Gasteiger partial charge < -0.3 is 9.30 Å². The maximum absolute atomic E-state index is 14.1. The van der Waals surface area contributed by atoms with Crippen LogP contribution in [0, 0.1) is 19.7 Å². The molecule has 0 bridgehead atoms. The molecule has 204 valence electrons. The summed E-state index contributed by atoms with van der Waals surface area (Å²) < 4.78 is 23.6. The molecule has 41 heavy (non-hydrogen) atoms. The second kappa shape index (κ2) is 9.85. The predicted octanol–water partition coefficient (Wildman–Crippen LogP) is 5.87. The van der Waals surface area contributed by atoms with Gasteiger partial charge in [0.15, 0.2) is 4.80 Å². The van der Waals surface area contributed by atoms with Crippen molar-refractivity contribution in [3.8, 4) is 11.4 Å². The molecule has 2 aliphatic rings. The lowest BCUT2D eigenvalue weighted by atomic mass is 9.83. The molecule has 3 aromatic carbocycles. The van der Waals surface area contributed by atoms with Crippen LogP contribution in [0.25, 0.3) is 17.5 Å². The van der Waals surface area contributed by atoms with E-state index in [1.165, 1.54) is 34.6 Å². The standard InChI is InChI=1S/C34H28FN3O2S/c1-20-18-24(21(2)37(20)26-13-11-25(35)12-14-26)19-30-33(39)38-32(23-8-15-27(40-3)16-9-23)29-17-10-22-6-4-5-7-28(22)31(29)36-34(38)41-30/h4-9,11-16,18-19,32H,10,17H2,1-3H3/b30-19+/t32-/m0/s1. The molecule has 0 saturated carbocycles. The van der Waals surface area contributed by atoms with E-state index in [2.05, 4.69) is 34.9 Å². The number of hydrogen-bond acceptors (Lipinski definition) is 4. The summed E-state index contributed by atoms with van der Waals surface area (Å²) in [6.07, 6.45) is 3.72. The molecule has 0 fully saturated rings. The van der Waals surface area contributed by atoms with Crippen molar-refractivity contribution in [1.29, 1.82) is 0 Å². The number of benzene rings is 3. The van der Waals surface area contributed by atoms with E-state index < -0.39 is 0 Å². The highest BCUT2D eigenvalue weighted by Gasteiger charge is 2.32. The zero-order valence-electron chi connectivity index (χ0n) is 23.0. The first-order valence-electron chi connectivity index (χ1n) is 13.6. The molecule has 1 aliphatic carbocycles. The summed E-state index contributed by atoms with van der Waals surface area (Å²) in [5.74, 6) is 0.509. The zero-order chi connectivity index (χ0) is 28.2. The molecule has 7 rings (SSSR count). The van der Waals surface area contributed by atoms with E-state index in [0.717, 1.165) is 58.1 Å². The highest BCUT2D eigenvalue weighted by Crippen LogP contribution is 2.41. The first kappa shape index (κ1) is 25.5. The number of aryl methyl sites for hydroxylation is 2. The fourth-order valence-corrected chi connectivity index (χ4v) is 7.16. The molecule has 5 aromatic rings. The number of rotatable bonds is 4. The topological polar surface area (TPSA) is 48.5 Å². The van der Waals surface area contributed by atoms with Gasteiger partial charge in [0.1, 0.15) is 11.6 Å². The van der Waals surface area contributed by atoms with Crippen LogP contribution >= 0.6 is 11.3 Å². The molecular formula is C34H28FN3O2S. The van der Waals surface area contributed by atoms with E-state index in [-0.39, 0.29) is 17.4 Å². The first-order valence-corrected chi connectivity index (χ1v) is 14.5. The molecule has 2 aromatic heterocycles. The second-order valence-corrected chi connectivity index (χ2v) is 11.5. The van der Waals surface area contributed by atoms with Crippen LogP contribution in [0.5, 0.6) is 5.75 Å². The van der Waals surface area contributed by atoms with Gasteiger partial charge in [0, 0.05) is 22.6 Å². The van der Waals surface area contributed by atoms with Gasteiger partial charge in [-0.05, 0) is 97.5 Å². The molecule has 3 heterocycles. The summed E-state index contributed by atoms with van der Waals surface area (Å²) in [6.45, 7) is 4.04. The first-order chi connectivity index (χ1) is 19.9. The summed E-state index contributed by atoms with van der Waals surface area (Å²) in [7, 11) is 1.66. The van der Waals surface area contributed by atoms with E-state index in [9.17, 15) is 9.18 Å². The van der Waals surface area contributed by atoms with Crippen LogP contribution < -0.4 is 19.6 Å². The number of methoxy groups -OCH3 is 1. The van der Waals surface area contributed by atoms with Crippen molar-refractivity contribution in [3.63, 3.8) is 0 Å². The number of thiazole rings is 1. The Labute approximate surface area is 240 Å². The molecule has 0 radical (unpaired) electrons. The summed E-state index contributed by atoms with van der Waals surface area (Å²) in [5, 5.41) is 0. The summed E-state index contributed by atoms with van der Waals surface area (Å²) in [5.41, 5.74) is 9.40. The number of allylic oxidation sites excluding steroid dienone is 1. The van der Waals surface area contributed by atoms with E-state index >= 15 is 0 Å². The lowest BCUT2D eigenvalue weighted by Crippen LogP contribution is -2.38. The molecule has 0 N–H and O–H groups in total. The van der Waals surface area contributed by atoms with Gasteiger partial charge in [0.25, 0.3) is 5.56 Å². The Hall–Kier alpha value is -4.49. The number of ether oxygens (including phenoxy) is 1. The highest BCUT2D eigenvalue weighted by atomic mass is 32.1. The largest absolute Gasteiger partial charge is 0.497 e. The van der Waals surface area contributed by atoms with Gasteiger partial charge >= 0.3 is 0 Å². The van der Waals surface area contributed by atoms with Crippen LogP contribution in [-0.4, -0.2) is 16.2 Å². The molecule has 1 aliphatic heterocycles. The Morgan fingerprint density at radius 3 is 2.51 bits per heavy atom. The summed E-state index contributed by atoms with van der Waals surface area (Å²) in [4.78, 5) is 20.0. The van der Waals surface area contributed by atoms with E-state index in [4.69, 9.17) is 9.73 Å². The molecule has 7 heteroatoms. The third-order valence-electron chi connectivity index (χ3n) is 8.15. The summed E-state index contributed by atoms with van der Waals surface area (Å²) in [6, 6.07) is 24.7. The summed E-state index contributed by atoms with van der Waals surface area (Å²) >= 11 is 1.43. The Bertz CT molecular complexity index is 2030. The zero-order valence-corrected chi connectivity index (χ0v) is 23.8. The lowest BCUT2D eigenvalue weighted by molar-refractivity contribution is 0.414. The number of fused-ring (bicyclic) bond motifs is 3. The molecule has 1 atom stereocenters. The Morgan fingerprint density at radius 1 is 1.00 bits per heavy atom. The average molecular weight is 562 g/mol. The normalized spacial score (nSPS) is 16.2. The van der Waals surface area contributed by atoms with E-state index in [1.54, 1.807) is 19.2 Å². The van der Waals surface area contributed by atoms with Gasteiger partial charge in [0.05, 0.1) is 23.4 Å². The van der Waals surface area contributed by atoms with Crippen LogP contribution in [0.3, 0.4) is 0 Å². The van der Waals surface area contributed by atoms with Crippen LogP contribution in [0.15, 0.2) is 94.2 Å². The van der Waals surface area contributed by atoms with Crippen LogP contribution in [0.2, 0.25) is 0 Å². The number of aromatic nitrogens is 2. The Balaban J connectivity index is 1.42. The maximum atomic E-state index is 14.1. The van der Waals surface area contributed by atoms with Gasteiger partial charge in [-0.15, -0.1) is 0 Å². The quantitative estimate of drug-likeness (QED) is 0.276. The number of nitrogens with zero attached hydrogens (tertiary/aromatic N) is 3. The van der Waals surface area contributed by atoms with Crippen LogP contribution in [0.1, 0.15) is 46.1 Å². The Morgan fingerprint density at radius 2 is 1.76 bits per heavy atom. The fraction of sp³-hybridized carbons (Fsp3) is 0.176. The van der Waals surface area contributed by atoms with Crippen molar-refractivity contribution in [2.45, 2.75) is 32.7 Å². The number of hydrogen-bond donors (Lipinski definition) is 0. The van der Waals surface area contributed by atoms with Gasteiger partial charge in [-0.25, -0.2) is 9.38 Å². The lowest BCUT2D eigenvalue weighted by Gasteiger charge is -2.30. The molecule has 0 saturated heterocycles. The van der Waals surface area contributed by atoms with Crippen molar-refractivity contribution in [1.82, 2.24) is 9.13 Å². The maximum Gasteiger partial charge on any atom is 0.271 e. The van der Waals surface area contributed by atoms with Gasteiger partial charge in [-0.1, -0.05) is 47.7 Å². The second-order valence-electron chi connectivity index (χ2n) is 10.5. The SMILES string of the molecule is COc1ccc([C@H]2C3=C(N=c4s/c(=C/c5cc(C)n(-c6ccc(F)cc6)c5C)c(=O)n42)c2ccccc2CC3)cc1. The van der Waals surface area contributed by atoms with Crippen molar-refractivity contribution in [2.75, 3.05) is 7.11 Å². The molecule has 0 unspecified atom stereocenters. The number of halogens is 1. The van der Waals surface area contributed by atoms with Crippen molar-refractivity contribution in [3.05, 3.63) is 144 Å². The van der Waals surface area contributed by atoms with Gasteiger partial charge in [0.2, 0.25) is 0 Å². The van der Waals surface area contributed by atoms with Crippen molar-refractivity contribution >= 4 is 23.1 Å². The van der Waals surface area contributed by atoms with Crippen LogP contribution in [0.4, 0.5) is 4.39 Å². The molecule has 0 amide bonds. The van der Waals surface area contributed by atoms with Crippen molar-refractivity contribution in [2.24, 2.45) is 4.99 Å². The molecular weight excluding hydrogens is 533 g/mol. The molecule has 5 nitrogen and oxygen atoms in total. The van der Waals surface area contributed by atoms with Crippen LogP contribution in [-0.2, 0) is 6.42 Å². The van der Waals surface area contributed by atoms with Crippen molar-refractivity contribution < 1.29 is 9.13 Å². The highest BCUT2D eigenvalue weighted by molar-refractivity contribution is 7.07. The van der Waals surface area contributed by atoms with E-state index in [0.29, 0.717) is 9.33 Å². The minimum atomic E-state index is -0.269. The minimum absolute atomic E-state index is 0.0495. The average Bonchev–Trinajstić information content (AvgIpc) is 3.46. The molecule has 0 spiro atoms. The Kier molecular flexibility index (Phi) is 6.12. The van der Waals surface area contributed by atoms with Gasteiger partial charge in [-0.3, -0.25) is 9.36 Å². The minimum Gasteiger partial charge on any atom is -0.497 e. The van der Waals surface area contributed by atoms with Gasteiger partial charge in [-0.2, -0.15) is 0 Å². The third kappa shape index (κ3) is 4.19. The monoisotopic (exact) mass is 561 g/mol. The third-order valence-corrected chi connectivity index (χ3v) is 9.13.